The summed E-state index contributed by atoms with van der Waals surface area (Å²) < 4.78 is 4.15. The highest BCUT2D eigenvalue weighted by atomic mass is 32.1. The number of hydrogen-bond donors (Lipinski definition) is 0. The Morgan fingerprint density at radius 2 is 2.18 bits per heavy atom. The normalized spacial score (nSPS) is 10.7. The van der Waals surface area contributed by atoms with Gasteiger partial charge in [-0.3, -0.25) is 0 Å². The first-order valence-corrected chi connectivity index (χ1v) is 4.10. The van der Waals surface area contributed by atoms with Crippen molar-refractivity contribution >= 4 is 22.7 Å². The molecule has 3 nitrogen and oxygen atoms in total. The zero-order valence-corrected chi connectivity index (χ0v) is 7.14. The van der Waals surface area contributed by atoms with Gasteiger partial charge in [0.1, 0.15) is 5.52 Å². The molecule has 2 aromatic heterocycles. The fourth-order valence-corrected chi connectivity index (χ4v) is 1.51. The highest BCUT2D eigenvalue weighted by Crippen LogP contribution is 2.16. The van der Waals surface area contributed by atoms with Crippen LogP contribution in [0.3, 0.4) is 0 Å². The SMILES string of the molecule is Cc1cnc2c(C)snc2n1. The van der Waals surface area contributed by atoms with Crippen LogP contribution in [0.2, 0.25) is 0 Å². The molecule has 2 rings (SSSR count). The summed E-state index contributed by atoms with van der Waals surface area (Å²) >= 11 is 1.45. The number of hydrogen-bond acceptors (Lipinski definition) is 4. The number of fused-ring (bicyclic) bond motifs is 1. The molecule has 0 radical (unpaired) electrons. The summed E-state index contributed by atoms with van der Waals surface area (Å²) in [6, 6.07) is 0. The Morgan fingerprint density at radius 1 is 1.36 bits per heavy atom. The second-order valence-electron chi connectivity index (χ2n) is 2.42. The van der Waals surface area contributed by atoms with Gasteiger partial charge in [0, 0.05) is 6.20 Å². The van der Waals surface area contributed by atoms with E-state index in [4.69, 9.17) is 0 Å². The van der Waals surface area contributed by atoms with Gasteiger partial charge in [0.05, 0.1) is 10.6 Å². The van der Waals surface area contributed by atoms with Crippen LogP contribution in [-0.2, 0) is 0 Å². The van der Waals surface area contributed by atoms with Crippen LogP contribution in [0.4, 0.5) is 0 Å². The Kier molecular flexibility index (Phi) is 1.35. The van der Waals surface area contributed by atoms with E-state index in [1.807, 2.05) is 13.8 Å². The van der Waals surface area contributed by atoms with Crippen molar-refractivity contribution in [3.8, 4) is 0 Å². The van der Waals surface area contributed by atoms with Crippen LogP contribution in [-0.4, -0.2) is 14.3 Å². The molecule has 0 aliphatic rings. The first kappa shape index (κ1) is 6.67. The quantitative estimate of drug-likeness (QED) is 0.596. The first-order chi connectivity index (χ1) is 5.27. The molecule has 0 aromatic carbocycles. The smallest absolute Gasteiger partial charge is 0.191 e. The van der Waals surface area contributed by atoms with E-state index >= 15 is 0 Å². The Bertz CT molecular complexity index is 393. The van der Waals surface area contributed by atoms with Gasteiger partial charge < -0.3 is 0 Å². The maximum Gasteiger partial charge on any atom is 0.191 e. The predicted octanol–water partition coefficient (Wildman–Crippen LogP) is 1.70. The molecule has 0 amide bonds. The highest BCUT2D eigenvalue weighted by molar-refractivity contribution is 7.07. The molecular weight excluding hydrogens is 158 g/mol. The van der Waals surface area contributed by atoms with E-state index in [1.165, 1.54) is 11.5 Å². The van der Waals surface area contributed by atoms with Gasteiger partial charge in [-0.2, -0.15) is 4.37 Å². The molecule has 0 aliphatic carbocycles. The van der Waals surface area contributed by atoms with E-state index in [-0.39, 0.29) is 0 Å². The number of aromatic nitrogens is 3. The Labute approximate surface area is 68.3 Å². The molecular formula is C7H7N3S. The molecule has 2 heterocycles. The monoisotopic (exact) mass is 165 g/mol. The van der Waals surface area contributed by atoms with Gasteiger partial charge >= 0.3 is 0 Å². The summed E-state index contributed by atoms with van der Waals surface area (Å²) in [5.41, 5.74) is 2.62. The summed E-state index contributed by atoms with van der Waals surface area (Å²) in [7, 11) is 0. The van der Waals surface area contributed by atoms with Crippen molar-refractivity contribution in [2.24, 2.45) is 0 Å². The zero-order valence-electron chi connectivity index (χ0n) is 6.33. The average Bonchev–Trinajstić information content (AvgIpc) is 2.32. The topological polar surface area (TPSA) is 38.7 Å². The Morgan fingerprint density at radius 3 is 3.00 bits per heavy atom. The summed E-state index contributed by atoms with van der Waals surface area (Å²) in [6.07, 6.45) is 1.77. The predicted molar refractivity (Wildman–Crippen MR) is 44.7 cm³/mol. The van der Waals surface area contributed by atoms with Gasteiger partial charge in [0.25, 0.3) is 0 Å². The molecule has 0 saturated heterocycles. The second kappa shape index (κ2) is 2.23. The Balaban J connectivity index is 2.86. The zero-order chi connectivity index (χ0) is 7.84. The van der Waals surface area contributed by atoms with Crippen LogP contribution in [0.5, 0.6) is 0 Å². The summed E-state index contributed by atoms with van der Waals surface area (Å²) in [5, 5.41) is 0. The minimum absolute atomic E-state index is 0.771. The second-order valence-corrected chi connectivity index (χ2v) is 3.40. The van der Waals surface area contributed by atoms with E-state index in [0.717, 1.165) is 21.7 Å². The van der Waals surface area contributed by atoms with Crippen molar-refractivity contribution in [1.29, 1.82) is 0 Å². The molecule has 0 aliphatic heterocycles. The molecule has 0 fully saturated rings. The van der Waals surface area contributed by atoms with Crippen LogP contribution >= 0.6 is 11.5 Å². The lowest BCUT2D eigenvalue weighted by Crippen LogP contribution is -1.84. The first-order valence-electron chi connectivity index (χ1n) is 3.33. The minimum atomic E-state index is 0.771. The fourth-order valence-electron chi connectivity index (χ4n) is 0.931. The van der Waals surface area contributed by atoms with Crippen molar-refractivity contribution in [3.63, 3.8) is 0 Å². The van der Waals surface area contributed by atoms with E-state index in [1.54, 1.807) is 6.20 Å². The van der Waals surface area contributed by atoms with E-state index in [9.17, 15) is 0 Å². The third-order valence-electron chi connectivity index (χ3n) is 1.48. The van der Waals surface area contributed by atoms with Gasteiger partial charge in [-0.25, -0.2) is 9.97 Å². The maximum atomic E-state index is 4.23. The van der Waals surface area contributed by atoms with Crippen LogP contribution < -0.4 is 0 Å². The highest BCUT2D eigenvalue weighted by Gasteiger charge is 2.02. The summed E-state index contributed by atoms with van der Waals surface area (Å²) in [4.78, 5) is 9.59. The molecule has 0 N–H and O–H groups in total. The maximum absolute atomic E-state index is 4.23. The fraction of sp³-hybridized carbons (Fsp3) is 0.286. The van der Waals surface area contributed by atoms with E-state index in [0.29, 0.717) is 0 Å². The molecule has 56 valence electrons. The van der Waals surface area contributed by atoms with Gasteiger partial charge in [-0.05, 0) is 25.4 Å². The minimum Gasteiger partial charge on any atom is -0.250 e. The number of aryl methyl sites for hydroxylation is 2. The van der Waals surface area contributed by atoms with Gasteiger partial charge in [-0.15, -0.1) is 0 Å². The van der Waals surface area contributed by atoms with Gasteiger partial charge in [0.15, 0.2) is 5.65 Å². The molecule has 0 unspecified atom stereocenters. The third-order valence-corrected chi connectivity index (χ3v) is 2.21. The van der Waals surface area contributed by atoms with Crippen molar-refractivity contribution in [1.82, 2.24) is 14.3 Å². The molecule has 0 bridgehead atoms. The summed E-state index contributed by atoms with van der Waals surface area (Å²) in [6.45, 7) is 3.92. The molecule has 0 atom stereocenters. The Hall–Kier alpha value is -1.03. The van der Waals surface area contributed by atoms with Gasteiger partial charge in [0.2, 0.25) is 0 Å². The number of rotatable bonds is 0. The molecule has 0 saturated carbocycles. The van der Waals surface area contributed by atoms with Crippen LogP contribution in [0.1, 0.15) is 10.6 Å². The van der Waals surface area contributed by atoms with Crippen LogP contribution in [0.15, 0.2) is 6.20 Å². The summed E-state index contributed by atoms with van der Waals surface area (Å²) in [5.74, 6) is 0. The largest absolute Gasteiger partial charge is 0.250 e. The van der Waals surface area contributed by atoms with Crippen molar-refractivity contribution in [2.45, 2.75) is 13.8 Å². The van der Waals surface area contributed by atoms with Crippen molar-refractivity contribution in [3.05, 3.63) is 16.8 Å². The number of nitrogens with zero attached hydrogens (tertiary/aromatic N) is 3. The third kappa shape index (κ3) is 0.991. The average molecular weight is 165 g/mol. The van der Waals surface area contributed by atoms with E-state index in [2.05, 4.69) is 14.3 Å². The van der Waals surface area contributed by atoms with Crippen molar-refractivity contribution in [2.75, 3.05) is 0 Å². The van der Waals surface area contributed by atoms with Crippen LogP contribution in [0, 0.1) is 13.8 Å². The molecule has 4 heteroatoms. The van der Waals surface area contributed by atoms with Crippen molar-refractivity contribution < 1.29 is 0 Å². The van der Waals surface area contributed by atoms with E-state index < -0.39 is 0 Å². The lowest BCUT2D eigenvalue weighted by molar-refractivity contribution is 1.17. The lowest BCUT2D eigenvalue weighted by atomic mass is 10.4. The molecule has 0 spiro atoms. The van der Waals surface area contributed by atoms with Crippen LogP contribution in [0.25, 0.3) is 11.2 Å². The molecule has 2 aromatic rings. The standard InChI is InChI=1S/C7H7N3S/c1-4-3-8-6-5(2)11-10-7(6)9-4/h3H,1-2H3. The molecule has 11 heavy (non-hydrogen) atoms. The lowest BCUT2D eigenvalue weighted by Gasteiger charge is -1.89. The van der Waals surface area contributed by atoms with Gasteiger partial charge in [-0.1, -0.05) is 0 Å².